The molecule has 0 saturated carbocycles. The molecule has 0 spiro atoms. The van der Waals surface area contributed by atoms with E-state index in [9.17, 15) is 9.59 Å². The third-order valence-electron chi connectivity index (χ3n) is 5.36. The van der Waals surface area contributed by atoms with Crippen LogP contribution >= 0.6 is 0 Å². The average molecular weight is 343 g/mol. The number of piperidine rings is 1. The Hall–Kier alpha value is -1.88. The number of amides is 2. The minimum Gasteiger partial charge on any atom is -0.356 e. The lowest BCUT2D eigenvalue weighted by Gasteiger charge is -2.32. The Labute approximate surface area is 150 Å². The summed E-state index contributed by atoms with van der Waals surface area (Å²) < 4.78 is 0. The van der Waals surface area contributed by atoms with Crippen molar-refractivity contribution in [2.24, 2.45) is 11.8 Å². The van der Waals surface area contributed by atoms with Crippen LogP contribution in [0.1, 0.15) is 31.2 Å². The molecular formula is C20H29N3O2. The summed E-state index contributed by atoms with van der Waals surface area (Å²) in [6.45, 7) is 4.24. The molecule has 2 aliphatic heterocycles. The van der Waals surface area contributed by atoms with E-state index in [1.165, 1.54) is 6.42 Å². The second kappa shape index (κ2) is 8.99. The number of carbonyl (C=O) groups is 2. The molecule has 1 aromatic carbocycles. The van der Waals surface area contributed by atoms with E-state index < -0.39 is 0 Å². The van der Waals surface area contributed by atoms with Crippen LogP contribution in [0.4, 0.5) is 0 Å². The van der Waals surface area contributed by atoms with Crippen molar-refractivity contribution in [2.45, 2.75) is 32.1 Å². The van der Waals surface area contributed by atoms with Crippen molar-refractivity contribution in [1.29, 1.82) is 0 Å². The van der Waals surface area contributed by atoms with Crippen molar-refractivity contribution in [3.05, 3.63) is 35.9 Å². The molecule has 5 heteroatoms. The highest BCUT2D eigenvalue weighted by atomic mass is 16.2. The highest BCUT2D eigenvalue weighted by Gasteiger charge is 2.28. The Morgan fingerprint density at radius 2 is 2.04 bits per heavy atom. The normalized spacial score (nSPS) is 23.4. The zero-order valence-electron chi connectivity index (χ0n) is 14.9. The Morgan fingerprint density at radius 1 is 1.20 bits per heavy atom. The summed E-state index contributed by atoms with van der Waals surface area (Å²) in [4.78, 5) is 26.8. The van der Waals surface area contributed by atoms with E-state index in [0.717, 1.165) is 51.0 Å². The zero-order valence-corrected chi connectivity index (χ0v) is 14.9. The third-order valence-corrected chi connectivity index (χ3v) is 5.36. The van der Waals surface area contributed by atoms with Crippen LogP contribution in [0.25, 0.3) is 0 Å². The van der Waals surface area contributed by atoms with Gasteiger partial charge in [0.1, 0.15) is 0 Å². The summed E-state index contributed by atoms with van der Waals surface area (Å²) in [6.07, 6.45) is 4.46. The maximum absolute atomic E-state index is 12.5. The molecule has 136 valence electrons. The number of hydrogen-bond donors (Lipinski definition) is 2. The Morgan fingerprint density at radius 3 is 2.80 bits per heavy atom. The van der Waals surface area contributed by atoms with E-state index in [4.69, 9.17) is 0 Å². The molecule has 3 rings (SSSR count). The third kappa shape index (κ3) is 5.30. The molecule has 1 aromatic rings. The van der Waals surface area contributed by atoms with E-state index in [2.05, 4.69) is 10.6 Å². The standard InChI is InChI=1S/C20H29N3O2/c24-19(13-16-5-2-1-3-6-16)23-12-4-7-18(15-23)20(25)22-11-9-17-8-10-21-14-17/h1-3,5-6,17-18,21H,4,7-15H2,(H,22,25). The van der Waals surface area contributed by atoms with Gasteiger partial charge in [0.05, 0.1) is 12.3 Å². The van der Waals surface area contributed by atoms with E-state index in [1.807, 2.05) is 35.2 Å². The van der Waals surface area contributed by atoms with Gasteiger partial charge in [0.15, 0.2) is 0 Å². The highest BCUT2D eigenvalue weighted by molar-refractivity contribution is 5.82. The number of likely N-dealkylation sites (tertiary alicyclic amines) is 1. The van der Waals surface area contributed by atoms with Gasteiger partial charge in [0.25, 0.3) is 0 Å². The van der Waals surface area contributed by atoms with Gasteiger partial charge in [-0.1, -0.05) is 30.3 Å². The molecule has 0 aliphatic carbocycles. The van der Waals surface area contributed by atoms with Crippen molar-refractivity contribution in [2.75, 3.05) is 32.7 Å². The summed E-state index contributed by atoms with van der Waals surface area (Å²) in [5.41, 5.74) is 1.03. The smallest absolute Gasteiger partial charge is 0.227 e. The molecule has 25 heavy (non-hydrogen) atoms. The first kappa shape index (κ1) is 17.9. The first-order valence-electron chi connectivity index (χ1n) is 9.52. The molecule has 0 aromatic heterocycles. The summed E-state index contributed by atoms with van der Waals surface area (Å²) in [5.74, 6) is 0.870. The average Bonchev–Trinajstić information content (AvgIpc) is 3.16. The van der Waals surface area contributed by atoms with Crippen LogP contribution in [0.15, 0.2) is 30.3 Å². The molecular weight excluding hydrogens is 314 g/mol. The molecule has 2 atom stereocenters. The van der Waals surface area contributed by atoms with Crippen LogP contribution in [0.2, 0.25) is 0 Å². The van der Waals surface area contributed by atoms with Gasteiger partial charge in [-0.05, 0) is 50.3 Å². The SMILES string of the molecule is O=C(NCCC1CCNC1)C1CCCN(C(=O)Cc2ccccc2)C1. The fourth-order valence-electron chi connectivity index (χ4n) is 3.80. The fourth-order valence-corrected chi connectivity index (χ4v) is 3.80. The summed E-state index contributed by atoms with van der Waals surface area (Å²) in [7, 11) is 0. The number of carbonyl (C=O) groups excluding carboxylic acids is 2. The lowest BCUT2D eigenvalue weighted by Crippen LogP contribution is -2.46. The predicted octanol–water partition coefficient (Wildman–Crippen LogP) is 1.58. The number of hydrogen-bond acceptors (Lipinski definition) is 3. The van der Waals surface area contributed by atoms with Crippen LogP contribution in [0, 0.1) is 11.8 Å². The van der Waals surface area contributed by atoms with Gasteiger partial charge in [-0.25, -0.2) is 0 Å². The quantitative estimate of drug-likeness (QED) is 0.824. The summed E-state index contributed by atoms with van der Waals surface area (Å²) >= 11 is 0. The number of nitrogens with one attached hydrogen (secondary N) is 2. The van der Waals surface area contributed by atoms with Gasteiger partial charge in [0, 0.05) is 19.6 Å². The monoisotopic (exact) mass is 343 g/mol. The van der Waals surface area contributed by atoms with Gasteiger partial charge in [-0.3, -0.25) is 9.59 Å². The van der Waals surface area contributed by atoms with Crippen molar-refractivity contribution in [3.63, 3.8) is 0 Å². The molecule has 0 bridgehead atoms. The van der Waals surface area contributed by atoms with Crippen LogP contribution in [-0.2, 0) is 16.0 Å². The van der Waals surface area contributed by atoms with Crippen LogP contribution in [0.5, 0.6) is 0 Å². The molecule has 2 unspecified atom stereocenters. The Bertz CT molecular complexity index is 570. The second-order valence-electron chi connectivity index (χ2n) is 7.28. The minimum absolute atomic E-state index is 0.0600. The Kier molecular flexibility index (Phi) is 6.45. The zero-order chi connectivity index (χ0) is 17.5. The topological polar surface area (TPSA) is 61.4 Å². The van der Waals surface area contributed by atoms with Crippen LogP contribution < -0.4 is 10.6 Å². The van der Waals surface area contributed by atoms with E-state index in [-0.39, 0.29) is 17.7 Å². The molecule has 0 radical (unpaired) electrons. The maximum atomic E-state index is 12.5. The maximum Gasteiger partial charge on any atom is 0.227 e. The largest absolute Gasteiger partial charge is 0.356 e. The number of rotatable bonds is 6. The van der Waals surface area contributed by atoms with Gasteiger partial charge >= 0.3 is 0 Å². The van der Waals surface area contributed by atoms with Gasteiger partial charge in [-0.15, -0.1) is 0 Å². The molecule has 2 heterocycles. The van der Waals surface area contributed by atoms with Crippen LogP contribution in [-0.4, -0.2) is 49.4 Å². The summed E-state index contributed by atoms with van der Waals surface area (Å²) in [6, 6.07) is 9.81. The molecule has 5 nitrogen and oxygen atoms in total. The van der Waals surface area contributed by atoms with Crippen molar-refractivity contribution in [1.82, 2.24) is 15.5 Å². The van der Waals surface area contributed by atoms with Gasteiger partial charge < -0.3 is 15.5 Å². The van der Waals surface area contributed by atoms with Crippen molar-refractivity contribution >= 4 is 11.8 Å². The Balaban J connectivity index is 1.43. The first-order valence-corrected chi connectivity index (χ1v) is 9.52. The van der Waals surface area contributed by atoms with Gasteiger partial charge in [-0.2, -0.15) is 0 Å². The first-order chi connectivity index (χ1) is 12.2. The van der Waals surface area contributed by atoms with Crippen LogP contribution in [0.3, 0.4) is 0 Å². The van der Waals surface area contributed by atoms with Crippen molar-refractivity contribution in [3.8, 4) is 0 Å². The van der Waals surface area contributed by atoms with E-state index in [1.54, 1.807) is 0 Å². The molecule has 2 N–H and O–H groups in total. The van der Waals surface area contributed by atoms with E-state index in [0.29, 0.717) is 18.9 Å². The molecule has 2 amide bonds. The highest BCUT2D eigenvalue weighted by Crippen LogP contribution is 2.18. The van der Waals surface area contributed by atoms with Gasteiger partial charge in [0.2, 0.25) is 11.8 Å². The lowest BCUT2D eigenvalue weighted by atomic mass is 9.96. The molecule has 2 fully saturated rings. The minimum atomic E-state index is -0.0600. The number of nitrogens with zero attached hydrogens (tertiary/aromatic N) is 1. The molecule has 2 saturated heterocycles. The lowest BCUT2D eigenvalue weighted by molar-refractivity contribution is -0.135. The van der Waals surface area contributed by atoms with E-state index >= 15 is 0 Å². The molecule has 2 aliphatic rings. The fraction of sp³-hybridized carbons (Fsp3) is 0.600. The predicted molar refractivity (Wildman–Crippen MR) is 98.1 cm³/mol. The van der Waals surface area contributed by atoms with Crippen molar-refractivity contribution < 1.29 is 9.59 Å². The second-order valence-corrected chi connectivity index (χ2v) is 7.28. The summed E-state index contributed by atoms with van der Waals surface area (Å²) in [5, 5.41) is 6.44. The number of benzene rings is 1.